The van der Waals surface area contributed by atoms with Crippen LogP contribution >= 0.6 is 39.7 Å². The van der Waals surface area contributed by atoms with Crippen LogP contribution in [0, 0.1) is 11.8 Å². The van der Waals surface area contributed by atoms with Crippen LogP contribution in [0.15, 0.2) is 87.9 Å². The molecule has 2 saturated heterocycles. The van der Waals surface area contributed by atoms with E-state index in [9.17, 15) is 0 Å². The molecular formula is C31H30BrClN4OS. The standard InChI is InChI=1S/C31H30BrClN4OS/c1-19-15-20(2)18-36(17-19)26-11-10-23(16-24(26)33)37-30(29(35-31(37)39)25-5-3-4-14-34-25)28-13-12-27(38-28)21-6-8-22(32)9-7-21/h3-14,16,19-20,29-30H,15,17-18H2,1-2H3,(H,35,39)/t19-,20-,29-,30-/m0/s1. The minimum Gasteiger partial charge on any atom is -0.459 e. The van der Waals surface area contributed by atoms with E-state index in [1.54, 1.807) is 6.20 Å². The fourth-order valence-electron chi connectivity index (χ4n) is 5.96. The van der Waals surface area contributed by atoms with Crippen molar-refractivity contribution in [1.82, 2.24) is 10.3 Å². The fraction of sp³-hybridized carbons (Fsp3) is 0.290. The van der Waals surface area contributed by atoms with Crippen LogP contribution in [0.4, 0.5) is 11.4 Å². The summed E-state index contributed by atoms with van der Waals surface area (Å²) in [6, 6.07) is 23.9. The van der Waals surface area contributed by atoms with Crippen LogP contribution in [-0.4, -0.2) is 23.2 Å². The van der Waals surface area contributed by atoms with Gasteiger partial charge in [-0.05, 0) is 85.1 Å². The van der Waals surface area contributed by atoms with Crippen LogP contribution in [0.25, 0.3) is 11.3 Å². The van der Waals surface area contributed by atoms with E-state index in [2.05, 4.69) is 62.0 Å². The van der Waals surface area contributed by atoms with Crippen LogP contribution in [0.5, 0.6) is 0 Å². The Bertz CT molecular complexity index is 1470. The monoisotopic (exact) mass is 620 g/mol. The quantitative estimate of drug-likeness (QED) is 0.226. The minimum absolute atomic E-state index is 0.190. The number of hydrogen-bond donors (Lipinski definition) is 1. The number of nitrogens with zero attached hydrogens (tertiary/aromatic N) is 3. The van der Waals surface area contributed by atoms with Crippen molar-refractivity contribution in [1.29, 1.82) is 0 Å². The molecule has 6 rings (SSSR count). The largest absolute Gasteiger partial charge is 0.459 e. The highest BCUT2D eigenvalue weighted by Crippen LogP contribution is 2.44. The van der Waals surface area contributed by atoms with Crippen molar-refractivity contribution >= 4 is 56.2 Å². The van der Waals surface area contributed by atoms with Crippen molar-refractivity contribution in [2.24, 2.45) is 11.8 Å². The Hall–Kier alpha value is -2.87. The Labute approximate surface area is 248 Å². The lowest BCUT2D eigenvalue weighted by atomic mass is 9.91. The first-order valence-corrected chi connectivity index (χ1v) is 14.9. The number of aromatic nitrogens is 1. The van der Waals surface area contributed by atoms with Gasteiger partial charge in [0.2, 0.25) is 0 Å². The molecule has 39 heavy (non-hydrogen) atoms. The predicted molar refractivity (Wildman–Crippen MR) is 166 cm³/mol. The molecular weight excluding hydrogens is 592 g/mol. The van der Waals surface area contributed by atoms with Gasteiger partial charge in [0.05, 0.1) is 22.4 Å². The van der Waals surface area contributed by atoms with E-state index in [1.165, 1.54) is 6.42 Å². The Morgan fingerprint density at radius 1 is 1.00 bits per heavy atom. The number of halogens is 2. The summed E-state index contributed by atoms with van der Waals surface area (Å²) in [5.74, 6) is 2.89. The Morgan fingerprint density at radius 2 is 1.77 bits per heavy atom. The van der Waals surface area contributed by atoms with Crippen LogP contribution < -0.4 is 15.1 Å². The SMILES string of the molecule is C[C@H]1C[C@H](C)CN(c2ccc(N3C(=S)N[C@@H](c4ccccn4)[C@@H]3c3ccc(-c4ccc(Br)cc4)o3)cc2Cl)C1. The van der Waals surface area contributed by atoms with Gasteiger partial charge in [0, 0.05) is 35.0 Å². The number of thiocarbonyl (C=S) groups is 1. The molecule has 0 radical (unpaired) electrons. The van der Waals surface area contributed by atoms with Crippen molar-refractivity contribution in [3.8, 4) is 11.3 Å². The van der Waals surface area contributed by atoms with Crippen molar-refractivity contribution < 1.29 is 4.42 Å². The third-order valence-corrected chi connectivity index (χ3v) is 8.71. The molecule has 2 aliphatic heterocycles. The third-order valence-electron chi connectivity index (χ3n) is 7.56. The molecule has 0 amide bonds. The first-order chi connectivity index (χ1) is 18.9. The molecule has 4 atom stereocenters. The lowest BCUT2D eigenvalue weighted by Gasteiger charge is -2.37. The van der Waals surface area contributed by atoms with Gasteiger partial charge >= 0.3 is 0 Å². The van der Waals surface area contributed by atoms with Crippen LogP contribution in [0.3, 0.4) is 0 Å². The second kappa shape index (κ2) is 11.0. The maximum atomic E-state index is 6.96. The highest BCUT2D eigenvalue weighted by molar-refractivity contribution is 9.10. The summed E-state index contributed by atoms with van der Waals surface area (Å²) >= 11 is 16.4. The lowest BCUT2D eigenvalue weighted by Crippen LogP contribution is -2.38. The van der Waals surface area contributed by atoms with Crippen molar-refractivity contribution in [3.05, 3.63) is 99.9 Å². The van der Waals surface area contributed by atoms with E-state index in [-0.39, 0.29) is 12.1 Å². The van der Waals surface area contributed by atoms with E-state index in [0.29, 0.717) is 16.9 Å². The number of furan rings is 1. The van der Waals surface area contributed by atoms with Crippen LogP contribution in [0.2, 0.25) is 5.02 Å². The van der Waals surface area contributed by atoms with Gasteiger partial charge in [-0.15, -0.1) is 0 Å². The summed E-state index contributed by atoms with van der Waals surface area (Å²) < 4.78 is 7.52. The van der Waals surface area contributed by atoms with Gasteiger partial charge in [-0.3, -0.25) is 4.98 Å². The topological polar surface area (TPSA) is 44.5 Å². The average Bonchev–Trinajstić information content (AvgIpc) is 3.53. The molecule has 200 valence electrons. The maximum absolute atomic E-state index is 6.96. The molecule has 0 bridgehead atoms. The molecule has 5 nitrogen and oxygen atoms in total. The molecule has 2 aliphatic rings. The summed E-state index contributed by atoms with van der Waals surface area (Å²) in [5.41, 5.74) is 3.90. The molecule has 0 saturated carbocycles. The van der Waals surface area contributed by atoms with E-state index >= 15 is 0 Å². The zero-order valence-electron chi connectivity index (χ0n) is 21.9. The van der Waals surface area contributed by atoms with E-state index in [4.69, 9.17) is 28.2 Å². The Kier molecular flexibility index (Phi) is 7.40. The molecule has 4 heterocycles. The highest BCUT2D eigenvalue weighted by atomic mass is 79.9. The Morgan fingerprint density at radius 3 is 2.46 bits per heavy atom. The summed E-state index contributed by atoms with van der Waals surface area (Å²) in [6.07, 6.45) is 3.06. The van der Waals surface area contributed by atoms with Gasteiger partial charge in [0.15, 0.2) is 5.11 Å². The number of nitrogens with one attached hydrogen (secondary N) is 1. The van der Waals surface area contributed by atoms with Crippen molar-refractivity contribution in [2.75, 3.05) is 22.9 Å². The molecule has 2 aromatic carbocycles. The number of anilines is 2. The second-order valence-electron chi connectivity index (χ2n) is 10.7. The summed E-state index contributed by atoms with van der Waals surface area (Å²) in [6.45, 7) is 6.66. The fourth-order valence-corrected chi connectivity index (χ4v) is 6.87. The number of hydrogen-bond acceptors (Lipinski definition) is 4. The smallest absolute Gasteiger partial charge is 0.174 e. The molecule has 0 aliphatic carbocycles. The molecule has 2 fully saturated rings. The Balaban J connectivity index is 1.38. The zero-order valence-corrected chi connectivity index (χ0v) is 25.0. The summed E-state index contributed by atoms with van der Waals surface area (Å²) in [4.78, 5) is 9.17. The number of pyridine rings is 1. The van der Waals surface area contributed by atoms with E-state index in [1.807, 2.05) is 60.7 Å². The van der Waals surface area contributed by atoms with Gasteiger partial charge in [0.25, 0.3) is 0 Å². The van der Waals surface area contributed by atoms with Gasteiger partial charge in [-0.25, -0.2) is 0 Å². The normalized spacial score (nSPS) is 23.2. The van der Waals surface area contributed by atoms with Crippen molar-refractivity contribution in [3.63, 3.8) is 0 Å². The highest BCUT2D eigenvalue weighted by Gasteiger charge is 2.43. The van der Waals surface area contributed by atoms with Crippen LogP contribution in [0.1, 0.15) is 43.8 Å². The summed E-state index contributed by atoms with van der Waals surface area (Å²) in [5, 5.41) is 4.85. The second-order valence-corrected chi connectivity index (χ2v) is 12.4. The summed E-state index contributed by atoms with van der Waals surface area (Å²) in [7, 11) is 0. The number of rotatable bonds is 5. The van der Waals surface area contributed by atoms with Gasteiger partial charge in [-0.1, -0.05) is 59.6 Å². The molecule has 0 spiro atoms. The molecule has 0 unspecified atom stereocenters. The van der Waals surface area contributed by atoms with Gasteiger partial charge in [-0.2, -0.15) is 0 Å². The van der Waals surface area contributed by atoms with Gasteiger partial charge < -0.3 is 19.5 Å². The molecule has 2 aromatic heterocycles. The maximum Gasteiger partial charge on any atom is 0.174 e. The van der Waals surface area contributed by atoms with Gasteiger partial charge in [0.1, 0.15) is 17.6 Å². The number of piperidine rings is 1. The average molecular weight is 622 g/mol. The molecule has 4 aromatic rings. The van der Waals surface area contributed by atoms with E-state index in [0.717, 1.165) is 56.7 Å². The lowest BCUT2D eigenvalue weighted by molar-refractivity contribution is 0.357. The number of benzene rings is 2. The van der Waals surface area contributed by atoms with Crippen LogP contribution in [-0.2, 0) is 0 Å². The molecule has 1 N–H and O–H groups in total. The minimum atomic E-state index is -0.242. The first-order valence-electron chi connectivity index (χ1n) is 13.3. The third kappa shape index (κ3) is 5.32. The first kappa shape index (κ1) is 26.4. The van der Waals surface area contributed by atoms with E-state index < -0.39 is 0 Å². The molecule has 8 heteroatoms. The predicted octanol–water partition coefficient (Wildman–Crippen LogP) is 8.42. The zero-order chi connectivity index (χ0) is 27.1. The van der Waals surface area contributed by atoms with Crippen molar-refractivity contribution in [2.45, 2.75) is 32.4 Å².